The fourth-order valence-corrected chi connectivity index (χ4v) is 3.04. The van der Waals surface area contributed by atoms with Gasteiger partial charge in [-0.1, -0.05) is 0 Å². The van der Waals surface area contributed by atoms with E-state index < -0.39 is 0 Å². The van der Waals surface area contributed by atoms with Crippen molar-refractivity contribution >= 4 is 38.9 Å². The van der Waals surface area contributed by atoms with Crippen LogP contribution in [-0.2, 0) is 6.54 Å². The molecule has 0 aliphatic rings. The van der Waals surface area contributed by atoms with Crippen molar-refractivity contribution in [2.45, 2.75) is 6.54 Å². The molecule has 2 N–H and O–H groups in total. The quantitative estimate of drug-likeness (QED) is 0.856. The molecule has 0 saturated heterocycles. The number of amides is 1. The van der Waals surface area contributed by atoms with Crippen molar-refractivity contribution in [2.24, 2.45) is 0 Å². The highest BCUT2D eigenvalue weighted by Gasteiger charge is 2.14. The lowest BCUT2D eigenvalue weighted by atomic mass is 10.1. The summed E-state index contributed by atoms with van der Waals surface area (Å²) in [7, 11) is 3.31. The number of carbonyl (C=O) groups excluding carboxylic acids is 1. The summed E-state index contributed by atoms with van der Waals surface area (Å²) < 4.78 is 6.19. The van der Waals surface area contributed by atoms with E-state index in [1.54, 1.807) is 41.5 Å². The largest absolute Gasteiger partial charge is 0.495 e. The highest BCUT2D eigenvalue weighted by Crippen LogP contribution is 2.24. The van der Waals surface area contributed by atoms with Gasteiger partial charge in [-0.2, -0.15) is 0 Å². The summed E-state index contributed by atoms with van der Waals surface area (Å²) in [6, 6.07) is 7.07. The van der Waals surface area contributed by atoms with Crippen molar-refractivity contribution in [1.29, 1.82) is 0 Å². The number of nitrogens with two attached hydrogens (primary N) is 1. The summed E-state index contributed by atoms with van der Waals surface area (Å²) in [5.41, 5.74) is 7.93. The number of rotatable bonds is 4. The maximum atomic E-state index is 12.4. The normalized spacial score (nSPS) is 10.3. The Morgan fingerprint density at radius 1 is 1.45 bits per heavy atom. The summed E-state index contributed by atoms with van der Waals surface area (Å²) in [4.78, 5) is 14.0. The number of methoxy groups -OCH3 is 1. The molecule has 106 valence electrons. The molecule has 0 radical (unpaired) electrons. The van der Waals surface area contributed by atoms with Crippen molar-refractivity contribution in [1.82, 2.24) is 4.90 Å². The van der Waals surface area contributed by atoms with Crippen molar-refractivity contribution in [3.05, 3.63) is 44.6 Å². The number of ether oxygens (including phenoxy) is 1. The Labute approximate surface area is 130 Å². The molecule has 1 aromatic heterocycles. The first-order valence-corrected chi connectivity index (χ1v) is 7.60. The Morgan fingerprint density at radius 3 is 2.80 bits per heavy atom. The SMILES string of the molecule is COc1cc(C(=O)N(C)Cc2csc(Br)c2)ccc1N. The molecule has 1 amide bonds. The second-order valence-corrected chi connectivity index (χ2v) is 6.67. The standard InChI is InChI=1S/C14H15BrN2O2S/c1-17(7-9-5-13(15)20-8-9)14(18)10-3-4-11(16)12(6-10)19-2/h3-6,8H,7,16H2,1-2H3. The topological polar surface area (TPSA) is 55.6 Å². The molecule has 0 atom stereocenters. The van der Waals surface area contributed by atoms with Crippen LogP contribution in [0.15, 0.2) is 33.4 Å². The Kier molecular flexibility index (Phi) is 4.67. The zero-order valence-electron chi connectivity index (χ0n) is 11.2. The van der Waals surface area contributed by atoms with Gasteiger partial charge in [0.2, 0.25) is 0 Å². The van der Waals surface area contributed by atoms with Gasteiger partial charge in [-0.15, -0.1) is 11.3 Å². The van der Waals surface area contributed by atoms with Gasteiger partial charge >= 0.3 is 0 Å². The highest BCUT2D eigenvalue weighted by molar-refractivity contribution is 9.11. The molecule has 0 bridgehead atoms. The van der Waals surface area contributed by atoms with Crippen LogP contribution in [0, 0.1) is 0 Å². The Balaban J connectivity index is 2.14. The van der Waals surface area contributed by atoms with Crippen LogP contribution in [0.1, 0.15) is 15.9 Å². The van der Waals surface area contributed by atoms with Crippen LogP contribution in [0.5, 0.6) is 5.75 Å². The summed E-state index contributed by atoms with van der Waals surface area (Å²) in [5.74, 6) is 0.452. The van der Waals surface area contributed by atoms with Gasteiger partial charge < -0.3 is 15.4 Å². The van der Waals surface area contributed by atoms with E-state index in [1.165, 1.54) is 7.11 Å². The molecule has 0 fully saturated rings. The van der Waals surface area contributed by atoms with Crippen LogP contribution in [0.25, 0.3) is 0 Å². The van der Waals surface area contributed by atoms with E-state index >= 15 is 0 Å². The Hall–Kier alpha value is -1.53. The van der Waals surface area contributed by atoms with Gasteiger partial charge in [0.1, 0.15) is 5.75 Å². The van der Waals surface area contributed by atoms with E-state index in [0.717, 1.165) is 9.35 Å². The van der Waals surface area contributed by atoms with E-state index in [-0.39, 0.29) is 5.91 Å². The van der Waals surface area contributed by atoms with Crippen LogP contribution in [0.2, 0.25) is 0 Å². The minimum atomic E-state index is -0.0642. The van der Waals surface area contributed by atoms with E-state index in [0.29, 0.717) is 23.5 Å². The molecule has 4 nitrogen and oxygen atoms in total. The number of thiophene rings is 1. The average Bonchev–Trinajstić information content (AvgIpc) is 2.83. The number of hydrogen-bond acceptors (Lipinski definition) is 4. The fourth-order valence-electron chi connectivity index (χ4n) is 1.84. The maximum absolute atomic E-state index is 12.4. The van der Waals surface area contributed by atoms with Crippen LogP contribution in [0.4, 0.5) is 5.69 Å². The molecule has 0 aliphatic heterocycles. The minimum Gasteiger partial charge on any atom is -0.495 e. The first kappa shape index (κ1) is 14.9. The predicted octanol–water partition coefficient (Wildman–Crippen LogP) is 3.37. The number of anilines is 1. The van der Waals surface area contributed by atoms with Crippen molar-refractivity contribution in [2.75, 3.05) is 19.9 Å². The lowest BCUT2D eigenvalue weighted by Crippen LogP contribution is -2.26. The molecule has 6 heteroatoms. The number of nitrogen functional groups attached to an aromatic ring is 1. The van der Waals surface area contributed by atoms with Crippen molar-refractivity contribution in [3.63, 3.8) is 0 Å². The van der Waals surface area contributed by atoms with Crippen molar-refractivity contribution in [3.8, 4) is 5.75 Å². The number of hydrogen-bond donors (Lipinski definition) is 1. The Bertz CT molecular complexity index is 627. The Morgan fingerprint density at radius 2 is 2.20 bits per heavy atom. The summed E-state index contributed by atoms with van der Waals surface area (Å²) in [5, 5.41) is 2.03. The lowest BCUT2D eigenvalue weighted by molar-refractivity contribution is 0.0785. The van der Waals surface area contributed by atoms with E-state index in [9.17, 15) is 4.79 Å². The molecule has 0 saturated carbocycles. The first-order chi connectivity index (χ1) is 9.51. The maximum Gasteiger partial charge on any atom is 0.254 e. The third-order valence-corrected chi connectivity index (χ3v) is 4.42. The van der Waals surface area contributed by atoms with Crippen LogP contribution in [0.3, 0.4) is 0 Å². The number of nitrogens with zero attached hydrogens (tertiary/aromatic N) is 1. The molecule has 1 heterocycles. The van der Waals surface area contributed by atoms with Crippen molar-refractivity contribution < 1.29 is 9.53 Å². The van der Waals surface area contributed by atoms with E-state index in [4.69, 9.17) is 10.5 Å². The lowest BCUT2D eigenvalue weighted by Gasteiger charge is -2.17. The van der Waals surface area contributed by atoms with Gasteiger partial charge in [0.25, 0.3) is 5.91 Å². The molecule has 0 spiro atoms. The fraction of sp³-hybridized carbons (Fsp3) is 0.214. The smallest absolute Gasteiger partial charge is 0.254 e. The third kappa shape index (κ3) is 3.32. The number of benzene rings is 1. The molecule has 0 unspecified atom stereocenters. The third-order valence-electron chi connectivity index (χ3n) is 2.87. The van der Waals surface area contributed by atoms with Gasteiger partial charge in [-0.25, -0.2) is 0 Å². The zero-order valence-corrected chi connectivity index (χ0v) is 13.6. The molecule has 1 aromatic carbocycles. The predicted molar refractivity (Wildman–Crippen MR) is 85.2 cm³/mol. The molecule has 20 heavy (non-hydrogen) atoms. The average molecular weight is 355 g/mol. The van der Waals surface area contributed by atoms with Gasteiger partial charge in [-0.3, -0.25) is 4.79 Å². The highest BCUT2D eigenvalue weighted by atomic mass is 79.9. The first-order valence-electron chi connectivity index (χ1n) is 5.93. The summed E-state index contributed by atoms with van der Waals surface area (Å²) >= 11 is 5.02. The van der Waals surface area contributed by atoms with E-state index in [1.807, 2.05) is 11.4 Å². The molecular weight excluding hydrogens is 340 g/mol. The zero-order chi connectivity index (χ0) is 14.7. The van der Waals surface area contributed by atoms with Gasteiger partial charge in [0, 0.05) is 19.2 Å². The van der Waals surface area contributed by atoms with Crippen LogP contribution >= 0.6 is 27.3 Å². The van der Waals surface area contributed by atoms with Gasteiger partial charge in [-0.05, 0) is 51.1 Å². The van der Waals surface area contributed by atoms with Gasteiger partial charge in [0.05, 0.1) is 16.6 Å². The van der Waals surface area contributed by atoms with Crippen LogP contribution < -0.4 is 10.5 Å². The number of halogens is 1. The van der Waals surface area contributed by atoms with Crippen LogP contribution in [-0.4, -0.2) is 25.0 Å². The minimum absolute atomic E-state index is 0.0642. The monoisotopic (exact) mass is 354 g/mol. The molecule has 0 aliphatic carbocycles. The summed E-state index contributed by atoms with van der Waals surface area (Å²) in [6.45, 7) is 0.563. The molecule has 2 rings (SSSR count). The molecular formula is C14H15BrN2O2S. The van der Waals surface area contributed by atoms with Gasteiger partial charge in [0.15, 0.2) is 0 Å². The summed E-state index contributed by atoms with van der Waals surface area (Å²) in [6.07, 6.45) is 0. The van der Waals surface area contributed by atoms with E-state index in [2.05, 4.69) is 15.9 Å². The molecule has 2 aromatic rings. The second kappa shape index (κ2) is 6.28. The second-order valence-electron chi connectivity index (χ2n) is 4.38. The number of carbonyl (C=O) groups is 1.